The maximum absolute atomic E-state index is 13.3. The predicted molar refractivity (Wildman–Crippen MR) is 126 cm³/mol. The average Bonchev–Trinajstić information content (AvgIpc) is 3.57. The van der Waals surface area contributed by atoms with Crippen LogP contribution in [0.2, 0.25) is 0 Å². The van der Waals surface area contributed by atoms with Gasteiger partial charge in [0.15, 0.2) is 0 Å². The summed E-state index contributed by atoms with van der Waals surface area (Å²) in [6.07, 6.45) is 2.75. The Labute approximate surface area is 201 Å². The highest BCUT2D eigenvalue weighted by Gasteiger charge is 2.50. The molecule has 0 radical (unpaired) electrons. The lowest BCUT2D eigenvalue weighted by Gasteiger charge is -2.38. The Bertz CT molecular complexity index is 877. The highest BCUT2D eigenvalue weighted by Crippen LogP contribution is 2.48. The second-order valence-corrected chi connectivity index (χ2v) is 11.3. The molecule has 1 N–H and O–H groups in total. The zero-order valence-corrected chi connectivity index (χ0v) is 21.0. The summed E-state index contributed by atoms with van der Waals surface area (Å²) >= 11 is 0. The van der Waals surface area contributed by atoms with Crippen molar-refractivity contribution in [3.63, 3.8) is 0 Å². The number of hydrogen-bond acceptors (Lipinski definition) is 6. The maximum atomic E-state index is 13.3. The number of nitrogens with zero attached hydrogens (tertiary/aromatic N) is 1. The Morgan fingerprint density at radius 3 is 1.82 bits per heavy atom. The molecule has 2 saturated carbocycles. The molecular weight excluding hydrogens is 438 g/mol. The lowest BCUT2D eigenvalue weighted by Crippen LogP contribution is -2.54. The van der Waals surface area contributed by atoms with E-state index in [4.69, 9.17) is 14.2 Å². The zero-order valence-electron chi connectivity index (χ0n) is 21.0. The van der Waals surface area contributed by atoms with Gasteiger partial charge in [0.2, 0.25) is 0 Å². The number of carbonyl (C=O) groups is 3. The Morgan fingerprint density at radius 1 is 0.912 bits per heavy atom. The number of benzene rings is 1. The molecule has 2 fully saturated rings. The van der Waals surface area contributed by atoms with Crippen LogP contribution in [0.25, 0.3) is 0 Å². The second kappa shape index (κ2) is 9.84. The fourth-order valence-electron chi connectivity index (χ4n) is 4.07. The number of hydrogen-bond donors (Lipinski definition) is 1. The number of amides is 1. The van der Waals surface area contributed by atoms with E-state index in [-0.39, 0.29) is 12.5 Å². The summed E-state index contributed by atoms with van der Waals surface area (Å²) in [7, 11) is 0. The molecule has 1 amide bonds. The highest BCUT2D eigenvalue weighted by molar-refractivity contribution is 5.81. The number of ether oxygens (including phenoxy) is 3. The zero-order chi connectivity index (χ0) is 25.3. The van der Waals surface area contributed by atoms with Crippen molar-refractivity contribution in [2.75, 3.05) is 0 Å². The molecular formula is C26H37NO7. The summed E-state index contributed by atoms with van der Waals surface area (Å²) in [5.74, 6) is -0.119. The third kappa shape index (κ3) is 7.64. The minimum Gasteiger partial charge on any atom is -0.480 e. The van der Waals surface area contributed by atoms with Gasteiger partial charge in [0.25, 0.3) is 0 Å². The van der Waals surface area contributed by atoms with Crippen LogP contribution in [0.3, 0.4) is 0 Å². The van der Waals surface area contributed by atoms with Crippen LogP contribution in [0.5, 0.6) is 5.75 Å². The number of carboxylic acids is 1. The van der Waals surface area contributed by atoms with Gasteiger partial charge in [-0.25, -0.2) is 14.4 Å². The summed E-state index contributed by atoms with van der Waals surface area (Å²) < 4.78 is 16.0. The first-order valence-electron chi connectivity index (χ1n) is 12.0. The van der Waals surface area contributed by atoms with E-state index in [9.17, 15) is 19.5 Å². The van der Waals surface area contributed by atoms with Crippen LogP contribution in [0.4, 0.5) is 9.59 Å². The van der Waals surface area contributed by atoms with E-state index in [0.29, 0.717) is 23.1 Å². The summed E-state index contributed by atoms with van der Waals surface area (Å²) in [4.78, 5) is 39.1. The first-order chi connectivity index (χ1) is 15.7. The van der Waals surface area contributed by atoms with Gasteiger partial charge in [0, 0.05) is 12.5 Å². The van der Waals surface area contributed by atoms with Crippen molar-refractivity contribution in [1.29, 1.82) is 0 Å². The highest BCUT2D eigenvalue weighted by atomic mass is 16.7. The molecule has 0 bridgehead atoms. The standard InChI is InChI=1S/C26H37NO7/c1-25(2,3)33-23(30)27(21(17-9-10-17)18-11-12-18)20(22(28)29)15-16-7-13-19(14-8-16)32-24(31)34-26(4,5)6/h7-8,13-14,17-18,20-21H,9-12,15H2,1-6H3,(H,28,29)/t20-/m0/s1. The van der Waals surface area contributed by atoms with Crippen LogP contribution in [-0.2, 0) is 20.7 Å². The SMILES string of the molecule is CC(C)(C)OC(=O)Oc1ccc(C[C@@H](C(=O)O)N(C(=O)OC(C)(C)C)C(C2CC2)C2CC2)cc1. The third-order valence-electron chi connectivity index (χ3n) is 5.70. The number of aliphatic carboxylic acids is 1. The molecule has 1 aromatic rings. The molecule has 3 rings (SSSR count). The van der Waals surface area contributed by atoms with Crippen LogP contribution in [0.15, 0.2) is 24.3 Å². The fourth-order valence-corrected chi connectivity index (χ4v) is 4.07. The van der Waals surface area contributed by atoms with Crippen LogP contribution < -0.4 is 4.74 Å². The molecule has 0 unspecified atom stereocenters. The average molecular weight is 476 g/mol. The summed E-state index contributed by atoms with van der Waals surface area (Å²) in [5, 5.41) is 10.2. The van der Waals surface area contributed by atoms with Crippen molar-refractivity contribution in [2.45, 2.75) is 96.9 Å². The normalized spacial score (nSPS) is 17.1. The van der Waals surface area contributed by atoms with E-state index in [1.807, 2.05) is 0 Å². The smallest absolute Gasteiger partial charge is 0.480 e. The molecule has 0 aromatic heterocycles. The van der Waals surface area contributed by atoms with Crippen molar-refractivity contribution in [3.05, 3.63) is 29.8 Å². The van der Waals surface area contributed by atoms with E-state index < -0.39 is 35.5 Å². The van der Waals surface area contributed by atoms with Gasteiger partial charge in [-0.3, -0.25) is 4.90 Å². The Kier molecular flexibility index (Phi) is 7.48. The van der Waals surface area contributed by atoms with Crippen LogP contribution in [0.1, 0.15) is 72.8 Å². The van der Waals surface area contributed by atoms with Gasteiger partial charge in [-0.1, -0.05) is 12.1 Å². The first kappa shape index (κ1) is 25.8. The molecule has 8 nitrogen and oxygen atoms in total. The first-order valence-corrected chi connectivity index (χ1v) is 12.0. The molecule has 34 heavy (non-hydrogen) atoms. The van der Waals surface area contributed by atoms with Crippen molar-refractivity contribution >= 4 is 18.2 Å². The number of carbonyl (C=O) groups excluding carboxylic acids is 2. The molecule has 0 spiro atoms. The number of carboxylic acid groups (broad SMARTS) is 1. The fraction of sp³-hybridized carbons (Fsp3) is 0.654. The largest absolute Gasteiger partial charge is 0.514 e. The molecule has 1 atom stereocenters. The quantitative estimate of drug-likeness (QED) is 0.395. The van der Waals surface area contributed by atoms with Gasteiger partial charge in [-0.2, -0.15) is 0 Å². The molecule has 2 aliphatic carbocycles. The lowest BCUT2D eigenvalue weighted by atomic mass is 9.98. The van der Waals surface area contributed by atoms with Crippen molar-refractivity contribution in [2.24, 2.45) is 11.8 Å². The van der Waals surface area contributed by atoms with Gasteiger partial charge in [0.05, 0.1) is 0 Å². The Morgan fingerprint density at radius 2 is 1.41 bits per heavy atom. The van der Waals surface area contributed by atoms with E-state index in [1.165, 1.54) is 4.90 Å². The molecule has 188 valence electrons. The predicted octanol–water partition coefficient (Wildman–Crippen LogP) is 5.42. The van der Waals surface area contributed by atoms with E-state index >= 15 is 0 Å². The minimum absolute atomic E-state index is 0.120. The molecule has 0 heterocycles. The van der Waals surface area contributed by atoms with E-state index in [2.05, 4.69) is 0 Å². The minimum atomic E-state index is -1.06. The van der Waals surface area contributed by atoms with Crippen molar-refractivity contribution < 1.29 is 33.7 Å². The topological polar surface area (TPSA) is 102 Å². The van der Waals surface area contributed by atoms with Crippen molar-refractivity contribution in [1.82, 2.24) is 4.90 Å². The Balaban J connectivity index is 1.78. The summed E-state index contributed by atoms with van der Waals surface area (Å²) in [6, 6.07) is 5.41. The van der Waals surface area contributed by atoms with Gasteiger partial charge < -0.3 is 19.3 Å². The molecule has 2 aliphatic rings. The van der Waals surface area contributed by atoms with Gasteiger partial charge >= 0.3 is 18.2 Å². The summed E-state index contributed by atoms with van der Waals surface area (Å²) in [6.45, 7) is 10.6. The van der Waals surface area contributed by atoms with Gasteiger partial charge in [-0.05, 0) is 96.8 Å². The molecule has 8 heteroatoms. The van der Waals surface area contributed by atoms with Crippen molar-refractivity contribution in [3.8, 4) is 5.75 Å². The van der Waals surface area contributed by atoms with Crippen LogP contribution in [-0.4, -0.2) is 51.5 Å². The monoisotopic (exact) mass is 475 g/mol. The summed E-state index contributed by atoms with van der Waals surface area (Å²) in [5.41, 5.74) is -0.685. The van der Waals surface area contributed by atoms with E-state index in [1.54, 1.807) is 65.8 Å². The van der Waals surface area contributed by atoms with E-state index in [0.717, 1.165) is 25.7 Å². The third-order valence-corrected chi connectivity index (χ3v) is 5.70. The molecule has 0 aliphatic heterocycles. The van der Waals surface area contributed by atoms with Crippen LogP contribution in [0, 0.1) is 11.8 Å². The van der Waals surface area contributed by atoms with Gasteiger partial charge in [-0.15, -0.1) is 0 Å². The second-order valence-electron chi connectivity index (χ2n) is 11.3. The molecule has 1 aromatic carbocycles. The Hall–Kier alpha value is -2.77. The lowest BCUT2D eigenvalue weighted by molar-refractivity contribution is -0.144. The maximum Gasteiger partial charge on any atom is 0.514 e. The van der Waals surface area contributed by atoms with Gasteiger partial charge in [0.1, 0.15) is 23.0 Å². The van der Waals surface area contributed by atoms with Crippen LogP contribution >= 0.6 is 0 Å². The number of rotatable bonds is 8. The molecule has 0 saturated heterocycles.